The van der Waals surface area contributed by atoms with Crippen LogP contribution in [0.2, 0.25) is 0 Å². The van der Waals surface area contributed by atoms with E-state index in [1.807, 2.05) is 0 Å². The minimum absolute atomic E-state index is 0.0214. The van der Waals surface area contributed by atoms with E-state index >= 15 is 0 Å². The highest BCUT2D eigenvalue weighted by Gasteiger charge is 2.46. The number of aromatic amines is 1. The Hall–Kier alpha value is -2.18. The van der Waals surface area contributed by atoms with Gasteiger partial charge in [0.05, 0.1) is 5.69 Å². The van der Waals surface area contributed by atoms with Gasteiger partial charge in [-0.05, 0) is 39.2 Å². The van der Waals surface area contributed by atoms with Gasteiger partial charge in [-0.25, -0.2) is 9.89 Å². The Labute approximate surface area is 115 Å². The van der Waals surface area contributed by atoms with Gasteiger partial charge in [-0.3, -0.25) is 9.59 Å². The largest absolute Gasteiger partial charge is 0.480 e. The molecule has 0 bridgehead atoms. The molecular formula is C13H17N3O4. The number of carbonyl (C=O) groups excluding carboxylic acids is 1. The summed E-state index contributed by atoms with van der Waals surface area (Å²) in [5.41, 5.74) is -0.833. The number of amides is 1. The van der Waals surface area contributed by atoms with Crippen LogP contribution < -0.4 is 5.56 Å². The van der Waals surface area contributed by atoms with E-state index in [9.17, 15) is 19.5 Å². The molecule has 1 unspecified atom stereocenters. The van der Waals surface area contributed by atoms with Crippen molar-refractivity contribution in [1.82, 2.24) is 15.1 Å². The topological polar surface area (TPSA) is 103 Å². The molecule has 7 heteroatoms. The first-order chi connectivity index (χ1) is 9.29. The number of nitrogens with zero attached hydrogens (tertiary/aromatic N) is 2. The second-order valence-electron chi connectivity index (χ2n) is 5.28. The number of aryl methyl sites for hydroxylation is 1. The maximum absolute atomic E-state index is 12.6. The van der Waals surface area contributed by atoms with Gasteiger partial charge in [0, 0.05) is 6.54 Å². The minimum atomic E-state index is -1.26. The van der Waals surface area contributed by atoms with E-state index in [4.69, 9.17) is 0 Å². The van der Waals surface area contributed by atoms with Gasteiger partial charge >= 0.3 is 5.97 Å². The summed E-state index contributed by atoms with van der Waals surface area (Å²) in [6.07, 6.45) is 0.991. The standard InChI is InChI=1S/C13H17N3O4/c1-7-8(2)14-15-10(17)9(7)11(18)16-6-4-5-13(16,3)12(19)20/h4-6H2,1-3H3,(H,15,17)(H,19,20). The lowest BCUT2D eigenvalue weighted by Crippen LogP contribution is -2.52. The van der Waals surface area contributed by atoms with E-state index in [-0.39, 0.29) is 5.56 Å². The van der Waals surface area contributed by atoms with Gasteiger partial charge in [-0.1, -0.05) is 0 Å². The molecule has 0 aromatic carbocycles. The van der Waals surface area contributed by atoms with Crippen molar-refractivity contribution in [3.8, 4) is 0 Å². The molecule has 2 N–H and O–H groups in total. The van der Waals surface area contributed by atoms with Crippen molar-refractivity contribution in [2.45, 2.75) is 39.2 Å². The molecule has 20 heavy (non-hydrogen) atoms. The summed E-state index contributed by atoms with van der Waals surface area (Å²) in [4.78, 5) is 37.1. The van der Waals surface area contributed by atoms with E-state index in [0.29, 0.717) is 30.6 Å². The van der Waals surface area contributed by atoms with E-state index in [2.05, 4.69) is 10.2 Å². The third-order valence-electron chi connectivity index (χ3n) is 4.03. The Bertz CT molecular complexity index is 637. The lowest BCUT2D eigenvalue weighted by molar-refractivity contribution is -0.147. The van der Waals surface area contributed by atoms with Crippen molar-refractivity contribution in [3.63, 3.8) is 0 Å². The molecule has 1 aliphatic rings. The zero-order valence-corrected chi connectivity index (χ0v) is 11.7. The lowest BCUT2D eigenvalue weighted by atomic mass is 9.98. The number of carboxylic acids is 1. The third-order valence-corrected chi connectivity index (χ3v) is 4.03. The molecule has 108 valence electrons. The molecule has 0 aliphatic carbocycles. The maximum Gasteiger partial charge on any atom is 0.329 e. The van der Waals surface area contributed by atoms with Crippen LogP contribution in [0.5, 0.6) is 0 Å². The normalized spacial score (nSPS) is 22.1. The summed E-state index contributed by atoms with van der Waals surface area (Å²) in [5.74, 6) is -1.60. The molecule has 0 spiro atoms. The average molecular weight is 279 g/mol. The monoisotopic (exact) mass is 279 g/mol. The van der Waals surface area contributed by atoms with Crippen LogP contribution in [-0.2, 0) is 4.79 Å². The minimum Gasteiger partial charge on any atom is -0.480 e. The van der Waals surface area contributed by atoms with E-state index in [0.717, 1.165) is 0 Å². The Morgan fingerprint density at radius 3 is 2.65 bits per heavy atom. The number of likely N-dealkylation sites (tertiary alicyclic amines) is 1. The number of carbonyl (C=O) groups is 2. The average Bonchev–Trinajstić information content (AvgIpc) is 2.78. The number of rotatable bonds is 2. The highest BCUT2D eigenvalue weighted by atomic mass is 16.4. The zero-order chi connectivity index (χ0) is 15.1. The van der Waals surface area contributed by atoms with Gasteiger partial charge in [0.1, 0.15) is 11.1 Å². The third kappa shape index (κ3) is 1.99. The molecule has 1 amide bonds. The molecule has 1 fully saturated rings. The highest BCUT2D eigenvalue weighted by molar-refractivity contribution is 5.99. The molecule has 2 heterocycles. The van der Waals surface area contributed by atoms with Crippen molar-refractivity contribution in [3.05, 3.63) is 27.2 Å². The number of hydrogen-bond donors (Lipinski definition) is 2. The van der Waals surface area contributed by atoms with Crippen molar-refractivity contribution in [2.24, 2.45) is 0 Å². The number of nitrogens with one attached hydrogen (secondary N) is 1. The quantitative estimate of drug-likeness (QED) is 0.818. The molecule has 1 atom stereocenters. The molecule has 2 rings (SSSR count). The van der Waals surface area contributed by atoms with Crippen LogP contribution in [0.4, 0.5) is 0 Å². The molecular weight excluding hydrogens is 262 g/mol. The van der Waals surface area contributed by atoms with Gasteiger partial charge in [-0.2, -0.15) is 5.10 Å². The molecule has 1 saturated heterocycles. The SMILES string of the molecule is Cc1n[nH]c(=O)c(C(=O)N2CCCC2(C)C(=O)O)c1C. The van der Waals surface area contributed by atoms with Gasteiger partial charge < -0.3 is 10.0 Å². The van der Waals surface area contributed by atoms with E-state index in [1.54, 1.807) is 13.8 Å². The van der Waals surface area contributed by atoms with Crippen LogP contribution >= 0.6 is 0 Å². The van der Waals surface area contributed by atoms with Crippen molar-refractivity contribution < 1.29 is 14.7 Å². The number of H-pyrrole nitrogens is 1. The summed E-state index contributed by atoms with van der Waals surface area (Å²) in [5, 5.41) is 15.4. The van der Waals surface area contributed by atoms with Gasteiger partial charge in [0.15, 0.2) is 0 Å². The summed E-state index contributed by atoms with van der Waals surface area (Å²) in [7, 11) is 0. The molecule has 0 radical (unpaired) electrons. The smallest absolute Gasteiger partial charge is 0.329 e. The van der Waals surface area contributed by atoms with Crippen molar-refractivity contribution >= 4 is 11.9 Å². The molecule has 1 aromatic rings. The second kappa shape index (κ2) is 4.73. The summed E-state index contributed by atoms with van der Waals surface area (Å²) in [6, 6.07) is 0. The Morgan fingerprint density at radius 1 is 1.40 bits per heavy atom. The Kier molecular flexibility index (Phi) is 3.37. The van der Waals surface area contributed by atoms with Gasteiger partial charge in [0.2, 0.25) is 0 Å². The van der Waals surface area contributed by atoms with Crippen LogP contribution in [0.25, 0.3) is 0 Å². The van der Waals surface area contributed by atoms with Crippen molar-refractivity contribution in [1.29, 1.82) is 0 Å². The van der Waals surface area contributed by atoms with Crippen LogP contribution in [-0.4, -0.2) is 44.2 Å². The van der Waals surface area contributed by atoms with Crippen LogP contribution in [0.3, 0.4) is 0 Å². The van der Waals surface area contributed by atoms with Crippen LogP contribution in [0, 0.1) is 13.8 Å². The lowest BCUT2D eigenvalue weighted by Gasteiger charge is -2.31. The molecule has 0 saturated carbocycles. The molecule has 1 aromatic heterocycles. The summed E-state index contributed by atoms with van der Waals surface area (Å²) in [6.45, 7) is 5.17. The fraction of sp³-hybridized carbons (Fsp3) is 0.538. The maximum atomic E-state index is 12.6. The molecule has 7 nitrogen and oxygen atoms in total. The number of aromatic nitrogens is 2. The van der Waals surface area contributed by atoms with Gasteiger partial charge in [-0.15, -0.1) is 0 Å². The number of aliphatic carboxylic acids is 1. The number of hydrogen-bond acceptors (Lipinski definition) is 4. The second-order valence-corrected chi connectivity index (χ2v) is 5.28. The zero-order valence-electron chi connectivity index (χ0n) is 11.7. The van der Waals surface area contributed by atoms with Crippen LogP contribution in [0.15, 0.2) is 4.79 Å². The van der Waals surface area contributed by atoms with E-state index in [1.165, 1.54) is 11.8 Å². The Morgan fingerprint density at radius 2 is 2.05 bits per heavy atom. The first kappa shape index (κ1) is 14.2. The fourth-order valence-corrected chi connectivity index (χ4v) is 2.53. The van der Waals surface area contributed by atoms with Crippen LogP contribution in [0.1, 0.15) is 41.4 Å². The molecule has 1 aliphatic heterocycles. The first-order valence-corrected chi connectivity index (χ1v) is 6.40. The highest BCUT2D eigenvalue weighted by Crippen LogP contribution is 2.30. The predicted octanol–water partition coefficient (Wildman–Crippen LogP) is 0.466. The van der Waals surface area contributed by atoms with Gasteiger partial charge in [0.25, 0.3) is 11.5 Å². The summed E-state index contributed by atoms with van der Waals surface area (Å²) < 4.78 is 0. The first-order valence-electron chi connectivity index (χ1n) is 6.40. The van der Waals surface area contributed by atoms with E-state index < -0.39 is 23.0 Å². The predicted molar refractivity (Wildman–Crippen MR) is 70.6 cm³/mol. The Balaban J connectivity index is 2.50. The van der Waals surface area contributed by atoms with Crippen molar-refractivity contribution in [2.75, 3.05) is 6.54 Å². The fourth-order valence-electron chi connectivity index (χ4n) is 2.53. The summed E-state index contributed by atoms with van der Waals surface area (Å²) >= 11 is 0. The number of carboxylic acid groups (broad SMARTS) is 1.